The van der Waals surface area contributed by atoms with Gasteiger partial charge in [-0.25, -0.2) is 10.2 Å². The van der Waals surface area contributed by atoms with Crippen molar-refractivity contribution in [3.05, 3.63) is 57.7 Å². The molecule has 0 saturated carbocycles. The highest BCUT2D eigenvalue weighted by atomic mass is 79.9. The van der Waals surface area contributed by atoms with Crippen LogP contribution in [0.2, 0.25) is 0 Å². The fourth-order valence-corrected chi connectivity index (χ4v) is 4.27. The van der Waals surface area contributed by atoms with Crippen LogP contribution in [0.25, 0.3) is 10.9 Å². The first-order valence-corrected chi connectivity index (χ1v) is 10.1. The average Bonchev–Trinajstić information content (AvgIpc) is 3.24. The first-order chi connectivity index (χ1) is 13.5. The number of halogens is 1. The second-order valence-corrected chi connectivity index (χ2v) is 8.40. The summed E-state index contributed by atoms with van der Waals surface area (Å²) in [5.74, 6) is 0.215. The number of hydrogen-bond acceptors (Lipinski definition) is 5. The van der Waals surface area contributed by atoms with Crippen LogP contribution < -0.4 is 10.4 Å². The third-order valence-corrected chi connectivity index (χ3v) is 5.35. The van der Waals surface area contributed by atoms with E-state index in [9.17, 15) is 4.79 Å². The van der Waals surface area contributed by atoms with E-state index in [0.717, 1.165) is 28.5 Å². The number of carbonyl (C=O) groups excluding carboxylic acids is 1. The number of benzene rings is 2. The van der Waals surface area contributed by atoms with Crippen molar-refractivity contribution in [2.45, 2.75) is 26.9 Å². The van der Waals surface area contributed by atoms with Gasteiger partial charge in [-0.15, -0.1) is 0 Å². The summed E-state index contributed by atoms with van der Waals surface area (Å²) in [5, 5.41) is 7.74. The highest BCUT2D eigenvalue weighted by Crippen LogP contribution is 2.34. The van der Waals surface area contributed by atoms with Gasteiger partial charge in [-0.1, -0.05) is 29.8 Å². The molecule has 7 heteroatoms. The van der Waals surface area contributed by atoms with Gasteiger partial charge in [-0.05, 0) is 47.4 Å². The van der Waals surface area contributed by atoms with Gasteiger partial charge in [0.2, 0.25) is 0 Å². The Kier molecular flexibility index (Phi) is 5.12. The van der Waals surface area contributed by atoms with Crippen molar-refractivity contribution in [3.8, 4) is 0 Å². The highest BCUT2D eigenvalue weighted by Gasteiger charge is 2.24. The van der Waals surface area contributed by atoms with Crippen LogP contribution in [-0.2, 0) is 17.8 Å². The van der Waals surface area contributed by atoms with E-state index in [0.29, 0.717) is 18.0 Å². The van der Waals surface area contributed by atoms with E-state index < -0.39 is 0 Å². The predicted octanol–water partition coefficient (Wildman–Crippen LogP) is 4.11. The number of nitrogens with zero attached hydrogens (tertiary/aromatic N) is 3. The normalized spacial score (nSPS) is 13.4. The Balaban J connectivity index is 1.71. The SMILES string of the molecule is COC(=O)c1ccc2c(cnn2Cc2cc(Br)cc3c2N(CC(C)C)NC3)c1. The molecule has 0 atom stereocenters. The van der Waals surface area contributed by atoms with Crippen molar-refractivity contribution in [1.82, 2.24) is 15.2 Å². The Morgan fingerprint density at radius 1 is 1.32 bits per heavy atom. The molecule has 1 aliphatic rings. The zero-order chi connectivity index (χ0) is 19.8. The quantitative estimate of drug-likeness (QED) is 0.602. The summed E-state index contributed by atoms with van der Waals surface area (Å²) in [5.41, 5.74) is 8.75. The summed E-state index contributed by atoms with van der Waals surface area (Å²) < 4.78 is 7.86. The summed E-state index contributed by atoms with van der Waals surface area (Å²) in [7, 11) is 1.39. The van der Waals surface area contributed by atoms with Crippen molar-refractivity contribution in [3.63, 3.8) is 0 Å². The first-order valence-electron chi connectivity index (χ1n) is 9.32. The largest absolute Gasteiger partial charge is 0.465 e. The smallest absolute Gasteiger partial charge is 0.337 e. The molecule has 0 saturated heterocycles. The number of ether oxygens (including phenoxy) is 1. The molecule has 0 aliphatic carbocycles. The molecule has 2 heterocycles. The third kappa shape index (κ3) is 3.52. The summed E-state index contributed by atoms with van der Waals surface area (Å²) in [4.78, 5) is 11.8. The lowest BCUT2D eigenvalue weighted by atomic mass is 10.1. The van der Waals surface area contributed by atoms with Crippen molar-refractivity contribution in [1.29, 1.82) is 0 Å². The zero-order valence-corrected chi connectivity index (χ0v) is 17.8. The molecule has 2 aromatic carbocycles. The number of hydrogen-bond donors (Lipinski definition) is 1. The summed E-state index contributed by atoms with van der Waals surface area (Å²) in [6.45, 7) is 6.87. The number of carbonyl (C=O) groups is 1. The summed E-state index contributed by atoms with van der Waals surface area (Å²) >= 11 is 3.65. The monoisotopic (exact) mass is 442 g/mol. The van der Waals surface area contributed by atoms with E-state index in [1.54, 1.807) is 12.3 Å². The Bertz CT molecular complexity index is 1040. The molecule has 0 spiro atoms. The maximum atomic E-state index is 11.8. The van der Waals surface area contributed by atoms with Gasteiger partial charge in [-0.3, -0.25) is 4.68 Å². The van der Waals surface area contributed by atoms with Crippen LogP contribution in [0, 0.1) is 5.92 Å². The van der Waals surface area contributed by atoms with E-state index in [1.165, 1.54) is 23.9 Å². The highest BCUT2D eigenvalue weighted by molar-refractivity contribution is 9.10. The van der Waals surface area contributed by atoms with Gasteiger partial charge in [0.1, 0.15) is 0 Å². The lowest BCUT2D eigenvalue weighted by molar-refractivity contribution is 0.0601. The Morgan fingerprint density at radius 2 is 2.14 bits per heavy atom. The van der Waals surface area contributed by atoms with E-state index >= 15 is 0 Å². The molecular weight excluding hydrogens is 420 g/mol. The number of anilines is 1. The number of nitrogens with one attached hydrogen (secondary N) is 1. The molecule has 0 unspecified atom stereocenters. The molecule has 0 amide bonds. The van der Waals surface area contributed by atoms with Crippen LogP contribution >= 0.6 is 15.9 Å². The standard InChI is InChI=1S/C21H23BrN4O2/c1-13(2)11-26-20-16(10-24-26)7-18(22)8-17(20)12-25-19-5-4-14(21(27)28-3)6-15(19)9-23-25/h4-9,13,24H,10-12H2,1-3H3. The second-order valence-electron chi connectivity index (χ2n) is 7.48. The van der Waals surface area contributed by atoms with Crippen LogP contribution in [0.15, 0.2) is 41.0 Å². The minimum atomic E-state index is -0.338. The molecule has 28 heavy (non-hydrogen) atoms. The van der Waals surface area contributed by atoms with E-state index in [1.807, 2.05) is 16.8 Å². The van der Waals surface area contributed by atoms with Crippen LogP contribution in [0.4, 0.5) is 5.69 Å². The van der Waals surface area contributed by atoms with Gasteiger partial charge in [0, 0.05) is 22.9 Å². The molecule has 1 N–H and O–H groups in total. The molecule has 1 aliphatic heterocycles. The maximum Gasteiger partial charge on any atom is 0.337 e. The number of fused-ring (bicyclic) bond motifs is 2. The molecule has 146 valence electrons. The van der Waals surface area contributed by atoms with E-state index in [4.69, 9.17) is 4.74 Å². The number of esters is 1. The first kappa shape index (κ1) is 19.0. The molecule has 6 nitrogen and oxygen atoms in total. The van der Waals surface area contributed by atoms with Gasteiger partial charge < -0.3 is 9.75 Å². The summed E-state index contributed by atoms with van der Waals surface area (Å²) in [6, 6.07) is 9.87. The third-order valence-electron chi connectivity index (χ3n) is 4.89. The maximum absolute atomic E-state index is 11.8. The van der Waals surface area contributed by atoms with Gasteiger partial charge in [0.05, 0.1) is 36.6 Å². The van der Waals surface area contributed by atoms with E-state index in [-0.39, 0.29) is 5.97 Å². The summed E-state index contributed by atoms with van der Waals surface area (Å²) in [6.07, 6.45) is 1.80. The Hall–Kier alpha value is -2.38. The molecule has 3 aromatic rings. The van der Waals surface area contributed by atoms with Crippen molar-refractivity contribution in [2.75, 3.05) is 18.7 Å². The van der Waals surface area contributed by atoms with Gasteiger partial charge >= 0.3 is 5.97 Å². The number of rotatable bonds is 5. The molecule has 4 rings (SSSR count). The van der Waals surface area contributed by atoms with Gasteiger partial charge in [-0.2, -0.15) is 5.10 Å². The van der Waals surface area contributed by atoms with Crippen LogP contribution in [0.3, 0.4) is 0 Å². The number of methoxy groups -OCH3 is 1. The fraction of sp³-hybridized carbons (Fsp3) is 0.333. The fourth-order valence-electron chi connectivity index (χ4n) is 3.72. The average molecular weight is 443 g/mol. The van der Waals surface area contributed by atoms with Gasteiger partial charge in [0.25, 0.3) is 0 Å². The second kappa shape index (κ2) is 7.56. The van der Waals surface area contributed by atoms with Crippen molar-refractivity contribution < 1.29 is 9.53 Å². The number of aromatic nitrogens is 2. The lowest BCUT2D eigenvalue weighted by Gasteiger charge is -2.24. The van der Waals surface area contributed by atoms with Crippen molar-refractivity contribution in [2.24, 2.45) is 5.92 Å². The van der Waals surface area contributed by atoms with Gasteiger partial charge in [0.15, 0.2) is 0 Å². The molecule has 0 radical (unpaired) electrons. The minimum Gasteiger partial charge on any atom is -0.465 e. The van der Waals surface area contributed by atoms with E-state index in [2.05, 4.69) is 57.4 Å². The lowest BCUT2D eigenvalue weighted by Crippen LogP contribution is -2.35. The van der Waals surface area contributed by atoms with Crippen LogP contribution in [-0.4, -0.2) is 29.4 Å². The molecule has 1 aromatic heterocycles. The Labute approximate surface area is 172 Å². The topological polar surface area (TPSA) is 59.4 Å². The van der Waals surface area contributed by atoms with Crippen molar-refractivity contribution >= 4 is 38.5 Å². The van der Waals surface area contributed by atoms with Crippen LogP contribution in [0.1, 0.15) is 35.3 Å². The predicted molar refractivity (Wildman–Crippen MR) is 113 cm³/mol. The Morgan fingerprint density at radius 3 is 2.89 bits per heavy atom. The minimum absolute atomic E-state index is 0.338. The molecular formula is C21H23BrN4O2. The molecule has 0 bridgehead atoms. The number of hydrazine groups is 1. The molecule has 0 fully saturated rings. The zero-order valence-electron chi connectivity index (χ0n) is 16.2. The van der Waals surface area contributed by atoms with Crippen LogP contribution in [0.5, 0.6) is 0 Å².